The molecule has 3 aromatic carbocycles. The second-order valence-corrected chi connectivity index (χ2v) is 11.4. The molecule has 42 heavy (non-hydrogen) atoms. The molecule has 0 bridgehead atoms. The fourth-order valence-electron chi connectivity index (χ4n) is 4.89. The standard InChI is InChI=1S/C34H41NO7/c1-25(36)41-30-20-35(33(37)42-34(2,3)4)29(24-38-21-26-14-8-5-9-15-26)31(39-22-27-16-10-6-11-17-27)32(30)40-23-28-18-12-7-13-19-28/h5-19,29-32H,20-24H2,1-4H3/t29-,30+,31-,32+/m0/s1. The summed E-state index contributed by atoms with van der Waals surface area (Å²) in [7, 11) is 0. The average Bonchev–Trinajstić information content (AvgIpc) is 2.96. The van der Waals surface area contributed by atoms with E-state index in [0.717, 1.165) is 16.7 Å². The Bertz CT molecular complexity index is 1250. The average molecular weight is 576 g/mol. The molecular formula is C34H41NO7. The number of esters is 1. The summed E-state index contributed by atoms with van der Waals surface area (Å²) < 4.78 is 30.8. The molecule has 1 aliphatic heterocycles. The van der Waals surface area contributed by atoms with Crippen LogP contribution >= 0.6 is 0 Å². The highest BCUT2D eigenvalue weighted by atomic mass is 16.6. The number of amides is 1. The molecule has 1 saturated heterocycles. The van der Waals surface area contributed by atoms with Crippen LogP contribution in [0.2, 0.25) is 0 Å². The largest absolute Gasteiger partial charge is 0.458 e. The molecule has 8 heteroatoms. The van der Waals surface area contributed by atoms with Gasteiger partial charge in [-0.05, 0) is 37.5 Å². The quantitative estimate of drug-likeness (QED) is 0.262. The number of carbonyl (C=O) groups excluding carboxylic acids is 2. The predicted octanol–water partition coefficient (Wildman–Crippen LogP) is 5.93. The van der Waals surface area contributed by atoms with Crippen LogP contribution in [-0.4, -0.2) is 60.1 Å². The van der Waals surface area contributed by atoms with E-state index in [1.807, 2.05) is 112 Å². The lowest BCUT2D eigenvalue weighted by Gasteiger charge is -2.47. The maximum Gasteiger partial charge on any atom is 0.410 e. The van der Waals surface area contributed by atoms with E-state index < -0.39 is 42.0 Å². The highest BCUT2D eigenvalue weighted by molar-refractivity contribution is 5.69. The van der Waals surface area contributed by atoms with Crippen molar-refractivity contribution in [2.75, 3.05) is 13.2 Å². The van der Waals surface area contributed by atoms with Crippen molar-refractivity contribution >= 4 is 12.1 Å². The Morgan fingerprint density at radius 3 is 1.69 bits per heavy atom. The van der Waals surface area contributed by atoms with Crippen molar-refractivity contribution in [2.24, 2.45) is 0 Å². The minimum absolute atomic E-state index is 0.0680. The summed E-state index contributed by atoms with van der Waals surface area (Å²) in [6.07, 6.45) is -2.70. The molecule has 1 heterocycles. The molecule has 0 spiro atoms. The third-order valence-electron chi connectivity index (χ3n) is 6.76. The van der Waals surface area contributed by atoms with Crippen LogP contribution in [0.1, 0.15) is 44.4 Å². The molecule has 0 aliphatic carbocycles. The van der Waals surface area contributed by atoms with E-state index in [-0.39, 0.29) is 26.4 Å². The molecule has 4 atom stereocenters. The van der Waals surface area contributed by atoms with Crippen molar-refractivity contribution in [3.8, 4) is 0 Å². The monoisotopic (exact) mass is 575 g/mol. The van der Waals surface area contributed by atoms with Crippen LogP contribution in [0.5, 0.6) is 0 Å². The normalized spacial score (nSPS) is 20.6. The summed E-state index contributed by atoms with van der Waals surface area (Å²) >= 11 is 0. The van der Waals surface area contributed by atoms with Gasteiger partial charge in [0.1, 0.15) is 23.9 Å². The number of hydrogen-bond acceptors (Lipinski definition) is 7. The summed E-state index contributed by atoms with van der Waals surface area (Å²) in [5.74, 6) is -0.474. The summed E-state index contributed by atoms with van der Waals surface area (Å²) in [5.41, 5.74) is 2.20. The summed E-state index contributed by atoms with van der Waals surface area (Å²) in [6.45, 7) is 7.91. The van der Waals surface area contributed by atoms with Gasteiger partial charge in [0.25, 0.3) is 0 Å². The number of likely N-dealkylation sites (tertiary alicyclic amines) is 1. The lowest BCUT2D eigenvalue weighted by Crippen LogP contribution is -2.66. The number of hydrogen-bond donors (Lipinski definition) is 0. The lowest BCUT2D eigenvalue weighted by molar-refractivity contribution is -0.206. The highest BCUT2D eigenvalue weighted by Gasteiger charge is 2.49. The van der Waals surface area contributed by atoms with Crippen LogP contribution in [0.15, 0.2) is 91.0 Å². The van der Waals surface area contributed by atoms with Crippen molar-refractivity contribution < 1.29 is 33.3 Å². The van der Waals surface area contributed by atoms with Gasteiger partial charge >= 0.3 is 12.1 Å². The molecular weight excluding hydrogens is 534 g/mol. The van der Waals surface area contributed by atoms with Crippen LogP contribution in [0.25, 0.3) is 0 Å². The first-order valence-corrected chi connectivity index (χ1v) is 14.3. The zero-order valence-corrected chi connectivity index (χ0v) is 24.8. The fraction of sp³-hybridized carbons (Fsp3) is 0.412. The number of nitrogens with zero attached hydrogens (tertiary/aromatic N) is 1. The second kappa shape index (κ2) is 15.0. The molecule has 4 rings (SSSR count). The minimum atomic E-state index is -0.787. The van der Waals surface area contributed by atoms with E-state index in [9.17, 15) is 9.59 Å². The third-order valence-corrected chi connectivity index (χ3v) is 6.76. The molecule has 1 aliphatic rings. The Morgan fingerprint density at radius 1 is 0.738 bits per heavy atom. The number of rotatable bonds is 11. The highest BCUT2D eigenvalue weighted by Crippen LogP contribution is 2.30. The lowest BCUT2D eigenvalue weighted by atomic mass is 9.93. The maximum absolute atomic E-state index is 13.6. The van der Waals surface area contributed by atoms with Crippen molar-refractivity contribution in [2.45, 2.75) is 77.5 Å². The van der Waals surface area contributed by atoms with Crippen LogP contribution < -0.4 is 0 Å². The third kappa shape index (κ3) is 9.41. The minimum Gasteiger partial charge on any atom is -0.458 e. The second-order valence-electron chi connectivity index (χ2n) is 11.4. The van der Waals surface area contributed by atoms with Gasteiger partial charge in [0.05, 0.1) is 39.0 Å². The van der Waals surface area contributed by atoms with Gasteiger partial charge in [0.15, 0.2) is 0 Å². The van der Waals surface area contributed by atoms with Gasteiger partial charge < -0.3 is 23.7 Å². The van der Waals surface area contributed by atoms with Gasteiger partial charge in [-0.25, -0.2) is 4.79 Å². The molecule has 1 amide bonds. The topological polar surface area (TPSA) is 83.5 Å². The van der Waals surface area contributed by atoms with Gasteiger partial charge in [0.2, 0.25) is 0 Å². The zero-order chi connectivity index (χ0) is 30.0. The molecule has 1 fully saturated rings. The van der Waals surface area contributed by atoms with Gasteiger partial charge in [-0.2, -0.15) is 0 Å². The molecule has 0 radical (unpaired) electrons. The molecule has 0 N–H and O–H groups in total. The molecule has 3 aromatic rings. The number of carbonyl (C=O) groups is 2. The number of ether oxygens (including phenoxy) is 5. The first-order valence-electron chi connectivity index (χ1n) is 14.3. The van der Waals surface area contributed by atoms with Crippen LogP contribution in [0, 0.1) is 0 Å². The van der Waals surface area contributed by atoms with Gasteiger partial charge in [0, 0.05) is 6.92 Å². The number of benzene rings is 3. The molecule has 0 unspecified atom stereocenters. The molecule has 224 valence electrons. The van der Waals surface area contributed by atoms with Gasteiger partial charge in [-0.1, -0.05) is 91.0 Å². The van der Waals surface area contributed by atoms with Crippen molar-refractivity contribution in [3.05, 3.63) is 108 Å². The molecule has 8 nitrogen and oxygen atoms in total. The van der Waals surface area contributed by atoms with Crippen LogP contribution in [0.3, 0.4) is 0 Å². The summed E-state index contributed by atoms with van der Waals surface area (Å²) in [4.78, 5) is 27.4. The Hall–Kier alpha value is -3.72. The Balaban J connectivity index is 1.66. The maximum atomic E-state index is 13.6. The Labute approximate surface area is 248 Å². The molecule has 0 aromatic heterocycles. The zero-order valence-electron chi connectivity index (χ0n) is 24.8. The summed E-state index contributed by atoms with van der Waals surface area (Å²) in [5, 5.41) is 0. The van der Waals surface area contributed by atoms with E-state index >= 15 is 0 Å². The SMILES string of the molecule is CC(=O)O[C@@H]1CN(C(=O)OC(C)(C)C)[C@@H](COCc2ccccc2)[C@H](OCc2ccccc2)[C@@H]1OCc1ccccc1. The Kier molecular flexibility index (Phi) is 11.1. The van der Waals surface area contributed by atoms with E-state index in [4.69, 9.17) is 23.7 Å². The molecule has 0 saturated carbocycles. The van der Waals surface area contributed by atoms with E-state index in [0.29, 0.717) is 6.61 Å². The summed E-state index contributed by atoms with van der Waals surface area (Å²) in [6, 6.07) is 28.8. The van der Waals surface area contributed by atoms with Crippen LogP contribution in [0.4, 0.5) is 4.79 Å². The van der Waals surface area contributed by atoms with E-state index in [2.05, 4.69) is 0 Å². The van der Waals surface area contributed by atoms with Gasteiger partial charge in [-0.3, -0.25) is 9.69 Å². The van der Waals surface area contributed by atoms with Crippen molar-refractivity contribution in [1.82, 2.24) is 4.90 Å². The smallest absolute Gasteiger partial charge is 0.410 e. The first kappa shape index (κ1) is 31.2. The van der Waals surface area contributed by atoms with Gasteiger partial charge in [-0.15, -0.1) is 0 Å². The Morgan fingerprint density at radius 2 is 1.21 bits per heavy atom. The van der Waals surface area contributed by atoms with Crippen molar-refractivity contribution in [3.63, 3.8) is 0 Å². The number of piperidine rings is 1. The van der Waals surface area contributed by atoms with Crippen molar-refractivity contribution in [1.29, 1.82) is 0 Å². The van der Waals surface area contributed by atoms with E-state index in [1.165, 1.54) is 6.92 Å². The van der Waals surface area contributed by atoms with E-state index in [1.54, 1.807) is 4.90 Å². The fourth-order valence-corrected chi connectivity index (χ4v) is 4.89. The van der Waals surface area contributed by atoms with Crippen LogP contribution in [-0.2, 0) is 48.3 Å². The first-order chi connectivity index (χ1) is 20.2. The predicted molar refractivity (Wildman–Crippen MR) is 158 cm³/mol.